The molecule has 0 bridgehead atoms. The summed E-state index contributed by atoms with van der Waals surface area (Å²) in [5.41, 5.74) is 5.68. The van der Waals surface area contributed by atoms with Crippen molar-refractivity contribution in [3.63, 3.8) is 0 Å². The first kappa shape index (κ1) is 33.9. The first-order valence-electron chi connectivity index (χ1n) is 8.96. The van der Waals surface area contributed by atoms with Gasteiger partial charge in [0.25, 0.3) is 0 Å². The van der Waals surface area contributed by atoms with Crippen LogP contribution in [-0.4, -0.2) is 59.1 Å². The Kier molecular flexibility index (Phi) is 17.6. The number of carbonyl (C=O) groups excluding carboxylic acids is 5. The monoisotopic (exact) mass is 503 g/mol. The van der Waals surface area contributed by atoms with Gasteiger partial charge in [-0.1, -0.05) is 0 Å². The van der Waals surface area contributed by atoms with E-state index in [9.17, 15) is 39.3 Å². The fourth-order valence-electron chi connectivity index (χ4n) is 2.22. The van der Waals surface area contributed by atoms with Gasteiger partial charge in [0, 0.05) is 30.8 Å². The van der Waals surface area contributed by atoms with E-state index in [-0.39, 0.29) is 94.3 Å². The van der Waals surface area contributed by atoms with Crippen LogP contribution in [0.5, 0.6) is 5.75 Å². The van der Waals surface area contributed by atoms with Crippen molar-refractivity contribution in [2.75, 3.05) is 17.6 Å². The molecule has 3 amide bonds. The van der Waals surface area contributed by atoms with Crippen molar-refractivity contribution in [1.82, 2.24) is 10.6 Å². The number of nitrogens with one attached hydrogen (secondary N) is 3. The van der Waals surface area contributed by atoms with Crippen LogP contribution >= 0.6 is 11.8 Å². The summed E-state index contributed by atoms with van der Waals surface area (Å²) < 4.78 is 0. The number of carboxylic acid groups (broad SMARTS) is 2. The Balaban J connectivity index is 0. The van der Waals surface area contributed by atoms with Gasteiger partial charge < -0.3 is 46.6 Å². The number of amides is 3. The predicted octanol–water partition coefficient (Wildman–Crippen LogP) is -9.34. The summed E-state index contributed by atoms with van der Waals surface area (Å²) in [4.78, 5) is 57.0. The molecule has 1 aromatic rings. The molecular weight excluding hydrogens is 481 g/mol. The number of hydrogen-bond acceptors (Lipinski definition) is 10. The molecule has 0 fully saturated rings. The SMILES string of the molecule is CC(=O)Nc1ccc(O)c(SC[C@H](NC(=O)CC[C@H](N)C(=O)[O-])C(=O)[15NH][13CH2][13C](=O)[O-])c1.[Na+].[Na+]. The molecule has 0 radical (unpaired) electrons. The fourth-order valence-corrected chi connectivity index (χ4v) is 3.23. The number of anilines is 1. The second-order valence-electron chi connectivity index (χ2n) is 6.35. The van der Waals surface area contributed by atoms with Gasteiger partial charge in [-0.25, -0.2) is 0 Å². The number of aromatic hydroxyl groups is 1. The second kappa shape index (κ2) is 17.2. The van der Waals surface area contributed by atoms with Gasteiger partial charge in [-0.2, -0.15) is 0 Å². The van der Waals surface area contributed by atoms with Gasteiger partial charge >= 0.3 is 59.1 Å². The van der Waals surface area contributed by atoms with Gasteiger partial charge in [0.2, 0.25) is 17.7 Å². The molecule has 12 nitrogen and oxygen atoms in total. The number of carboxylic acids is 2. The number of aliphatic carboxylic acids is 2. The van der Waals surface area contributed by atoms with Crippen LogP contribution in [0.15, 0.2) is 23.1 Å². The molecule has 1 aromatic carbocycles. The molecule has 1 rings (SSSR count). The number of rotatable bonds is 12. The van der Waals surface area contributed by atoms with E-state index in [2.05, 4.69) is 16.0 Å². The molecule has 15 heteroatoms. The molecule has 0 aromatic heterocycles. The first-order chi connectivity index (χ1) is 14.5. The zero-order valence-corrected chi connectivity index (χ0v) is 23.3. The molecule has 0 spiro atoms. The van der Waals surface area contributed by atoms with Crippen molar-refractivity contribution in [3.05, 3.63) is 18.2 Å². The van der Waals surface area contributed by atoms with Gasteiger partial charge in [-0.3, -0.25) is 14.4 Å². The number of hydrogen-bond donors (Lipinski definition) is 5. The Morgan fingerprint density at radius 3 is 2.33 bits per heavy atom. The Labute approximate surface area is 238 Å². The number of thioether (sulfide) groups is 1. The summed E-state index contributed by atoms with van der Waals surface area (Å²) in [6.45, 7) is 0.522. The van der Waals surface area contributed by atoms with E-state index in [1.54, 1.807) is 0 Å². The van der Waals surface area contributed by atoms with Crippen LogP contribution in [-0.2, 0) is 24.0 Å². The van der Waals surface area contributed by atoms with Crippen molar-refractivity contribution in [3.8, 4) is 5.75 Å². The van der Waals surface area contributed by atoms with Crippen molar-refractivity contribution in [2.45, 2.75) is 36.7 Å². The third kappa shape index (κ3) is 13.9. The summed E-state index contributed by atoms with van der Waals surface area (Å²) in [5, 5.41) is 38.2. The molecule has 0 aliphatic heterocycles. The van der Waals surface area contributed by atoms with E-state index in [0.29, 0.717) is 5.69 Å². The smallest absolute Gasteiger partial charge is 0.548 e. The van der Waals surface area contributed by atoms with E-state index in [4.69, 9.17) is 5.73 Å². The maximum Gasteiger partial charge on any atom is 1.00 e. The average molecular weight is 503 g/mol. The van der Waals surface area contributed by atoms with Crippen molar-refractivity contribution < 1.29 is 98.4 Å². The van der Waals surface area contributed by atoms with Crippen molar-refractivity contribution >= 4 is 47.1 Å². The third-order valence-electron chi connectivity index (χ3n) is 3.73. The zero-order valence-electron chi connectivity index (χ0n) is 18.5. The number of phenols is 1. The maximum atomic E-state index is 12.3. The minimum atomic E-state index is -1.54. The molecule has 0 saturated heterocycles. The average Bonchev–Trinajstić information content (AvgIpc) is 2.68. The van der Waals surface area contributed by atoms with Gasteiger partial charge in [0.15, 0.2) is 0 Å². The normalized spacial score (nSPS) is 11.6. The van der Waals surface area contributed by atoms with Crippen LogP contribution in [0, 0.1) is 0 Å². The van der Waals surface area contributed by atoms with E-state index in [1.165, 1.54) is 25.1 Å². The topological polar surface area (TPSA) is 214 Å². The Morgan fingerprint density at radius 1 is 1.15 bits per heavy atom. The van der Waals surface area contributed by atoms with Crippen LogP contribution in [0.1, 0.15) is 19.8 Å². The van der Waals surface area contributed by atoms with Gasteiger partial charge in [-0.05, 0) is 24.6 Å². The molecule has 0 saturated carbocycles. The molecule has 33 heavy (non-hydrogen) atoms. The quantitative estimate of drug-likeness (QED) is 0.0597. The van der Waals surface area contributed by atoms with Crippen LogP contribution in [0.25, 0.3) is 0 Å². The van der Waals surface area contributed by atoms with E-state index >= 15 is 0 Å². The summed E-state index contributed by atoms with van der Waals surface area (Å²) in [6.07, 6.45) is -0.540. The Hall–Kier alpha value is -1.32. The van der Waals surface area contributed by atoms with Crippen molar-refractivity contribution in [2.24, 2.45) is 5.73 Å². The number of carbonyl (C=O) groups is 5. The van der Waals surface area contributed by atoms with Crippen LogP contribution in [0.2, 0.25) is 0 Å². The maximum absolute atomic E-state index is 12.3. The summed E-state index contributed by atoms with van der Waals surface area (Å²) in [5.74, 6) is -5.17. The number of phenolic OH excluding ortho intramolecular Hbond substituents is 1. The zero-order chi connectivity index (χ0) is 23.6. The third-order valence-corrected chi connectivity index (χ3v) is 4.87. The van der Waals surface area contributed by atoms with Gasteiger partial charge in [0.05, 0.1) is 23.4 Å². The molecule has 170 valence electrons. The predicted molar refractivity (Wildman–Crippen MR) is 105 cm³/mol. The van der Waals surface area contributed by atoms with Crippen LogP contribution in [0.4, 0.5) is 5.69 Å². The summed E-state index contributed by atoms with van der Waals surface area (Å²) in [6, 6.07) is 1.67. The second-order valence-corrected chi connectivity index (χ2v) is 7.41. The molecule has 0 aliphatic carbocycles. The number of benzene rings is 1. The minimum Gasteiger partial charge on any atom is -0.548 e. The molecule has 6 N–H and O–H groups in total. The van der Waals surface area contributed by atoms with Gasteiger partial charge in [-0.15, -0.1) is 11.8 Å². The molecular formula is C18H22N4Na2O8S. The molecule has 0 heterocycles. The number of nitrogens with two attached hydrogens (primary N) is 1. The van der Waals surface area contributed by atoms with E-state index in [1.807, 2.05) is 0 Å². The molecule has 0 aliphatic rings. The van der Waals surface area contributed by atoms with E-state index < -0.39 is 42.4 Å². The van der Waals surface area contributed by atoms with Crippen molar-refractivity contribution in [1.29, 1.82) is 0 Å². The van der Waals surface area contributed by atoms with E-state index in [0.717, 1.165) is 11.8 Å². The van der Waals surface area contributed by atoms with Crippen LogP contribution < -0.4 is 91.0 Å². The van der Waals surface area contributed by atoms with Crippen LogP contribution in [0.3, 0.4) is 0 Å². The summed E-state index contributed by atoms with van der Waals surface area (Å²) >= 11 is 0.962. The fraction of sp³-hybridized carbons (Fsp3) is 0.389. The standard InChI is InChI=1S/C18H24N4O8S.2Na/c1-9(23)21-10-2-4-13(24)14(6-10)31-8-12(17(28)20-7-16(26)27)22-15(25)5-3-11(19)18(29)30;;/h2,4,6,11-12,24H,3,5,7-8,19H2,1H3,(H,20,28)(H,21,23)(H,22,25)(H,26,27)(H,29,30);;/q;2*+1/p-2/t11-,12-;;/m0../s1/i7+1,16+1,20+1;;. The molecule has 0 unspecified atom stereocenters. The Bertz CT molecular complexity index is 859. The minimum absolute atomic E-state index is 0. The largest absolute Gasteiger partial charge is 1.00 e. The first-order valence-corrected chi connectivity index (χ1v) is 9.95. The van der Waals surface area contributed by atoms with Gasteiger partial charge in [0.1, 0.15) is 11.8 Å². The summed E-state index contributed by atoms with van der Waals surface area (Å²) in [7, 11) is 0. The Morgan fingerprint density at radius 2 is 1.79 bits per heavy atom. The molecule has 2 atom stereocenters.